The van der Waals surface area contributed by atoms with E-state index in [2.05, 4.69) is 5.32 Å². The van der Waals surface area contributed by atoms with E-state index in [1.54, 1.807) is 0 Å². The van der Waals surface area contributed by atoms with E-state index in [1.807, 2.05) is 6.92 Å². The lowest BCUT2D eigenvalue weighted by Gasteiger charge is -2.11. The molecule has 0 aliphatic rings. The van der Waals surface area contributed by atoms with Crippen LogP contribution in [0.25, 0.3) is 0 Å². The van der Waals surface area contributed by atoms with E-state index in [-0.39, 0.29) is 18.1 Å². The second kappa shape index (κ2) is 6.20. The van der Waals surface area contributed by atoms with E-state index >= 15 is 0 Å². The number of anilines is 1. The zero-order valence-corrected chi connectivity index (χ0v) is 9.74. The Bertz CT molecular complexity index is 396. The second-order valence-electron chi connectivity index (χ2n) is 4.07. The first-order valence-electron chi connectivity index (χ1n) is 5.48. The van der Waals surface area contributed by atoms with E-state index < -0.39 is 11.7 Å². The Morgan fingerprint density at radius 3 is 2.94 bits per heavy atom. The molecule has 1 aromatic rings. The highest BCUT2D eigenvalue weighted by Gasteiger charge is 2.12. The van der Waals surface area contributed by atoms with Crippen molar-refractivity contribution in [1.82, 2.24) is 5.32 Å². The summed E-state index contributed by atoms with van der Waals surface area (Å²) in [5.74, 6) is -0.931. The molecule has 4 nitrogen and oxygen atoms in total. The highest BCUT2D eigenvalue weighted by Crippen LogP contribution is 2.12. The Hall–Kier alpha value is -1.62. The zero-order valence-electron chi connectivity index (χ0n) is 9.74. The van der Waals surface area contributed by atoms with Gasteiger partial charge in [0.2, 0.25) is 0 Å². The molecule has 5 heteroatoms. The van der Waals surface area contributed by atoms with Crippen LogP contribution >= 0.6 is 0 Å². The Balaban J connectivity index is 2.61. The highest BCUT2D eigenvalue weighted by atomic mass is 19.1. The third-order valence-electron chi connectivity index (χ3n) is 2.47. The lowest BCUT2D eigenvalue weighted by atomic mass is 10.1. The number of nitrogens with one attached hydrogen (secondary N) is 1. The fourth-order valence-electron chi connectivity index (χ4n) is 1.40. The van der Waals surface area contributed by atoms with Crippen LogP contribution in [0, 0.1) is 11.7 Å². The van der Waals surface area contributed by atoms with E-state index in [0.29, 0.717) is 18.7 Å². The van der Waals surface area contributed by atoms with Crippen molar-refractivity contribution in [3.63, 3.8) is 0 Å². The number of nitrogens with two attached hydrogens (primary N) is 1. The lowest BCUT2D eigenvalue weighted by molar-refractivity contribution is 0.0941. The number of hydrogen-bond donors (Lipinski definition) is 3. The molecule has 94 valence electrons. The quantitative estimate of drug-likeness (QED) is 0.676. The summed E-state index contributed by atoms with van der Waals surface area (Å²) in [7, 11) is 0. The van der Waals surface area contributed by atoms with Crippen LogP contribution in [-0.4, -0.2) is 24.2 Å². The predicted molar refractivity (Wildman–Crippen MR) is 64.0 cm³/mol. The summed E-state index contributed by atoms with van der Waals surface area (Å²) in [5, 5.41) is 11.3. The maximum Gasteiger partial charge on any atom is 0.254 e. The molecule has 0 aliphatic carbocycles. The summed E-state index contributed by atoms with van der Waals surface area (Å²) in [5.41, 5.74) is 5.78. The number of benzene rings is 1. The van der Waals surface area contributed by atoms with E-state index in [0.717, 1.165) is 0 Å². The van der Waals surface area contributed by atoms with Crippen LogP contribution in [0.3, 0.4) is 0 Å². The summed E-state index contributed by atoms with van der Waals surface area (Å²) in [6.45, 7) is 2.36. The van der Waals surface area contributed by atoms with Crippen LogP contribution in [0.2, 0.25) is 0 Å². The minimum atomic E-state index is -0.591. The number of carbonyl (C=O) groups is 1. The topological polar surface area (TPSA) is 75.3 Å². The number of hydrogen-bond acceptors (Lipinski definition) is 3. The summed E-state index contributed by atoms with van der Waals surface area (Å²) >= 11 is 0. The number of carbonyl (C=O) groups excluding carboxylic acids is 1. The van der Waals surface area contributed by atoms with Gasteiger partial charge in [0.05, 0.1) is 5.56 Å². The average Bonchev–Trinajstić information content (AvgIpc) is 2.29. The number of rotatable bonds is 5. The second-order valence-corrected chi connectivity index (χ2v) is 4.07. The van der Waals surface area contributed by atoms with Crippen molar-refractivity contribution < 1.29 is 14.3 Å². The summed E-state index contributed by atoms with van der Waals surface area (Å²) in [4.78, 5) is 11.7. The minimum absolute atomic E-state index is 0.0544. The number of nitrogen functional groups attached to an aromatic ring is 1. The fraction of sp³-hybridized carbons (Fsp3) is 0.417. The molecule has 17 heavy (non-hydrogen) atoms. The molecule has 0 heterocycles. The van der Waals surface area contributed by atoms with E-state index in [1.165, 1.54) is 18.2 Å². The van der Waals surface area contributed by atoms with Gasteiger partial charge in [-0.15, -0.1) is 0 Å². The van der Waals surface area contributed by atoms with Gasteiger partial charge in [0, 0.05) is 18.8 Å². The molecule has 1 atom stereocenters. The Labute approximate surface area is 99.6 Å². The molecule has 1 aromatic carbocycles. The van der Waals surface area contributed by atoms with Crippen molar-refractivity contribution in [3.8, 4) is 0 Å². The van der Waals surface area contributed by atoms with Crippen LogP contribution in [-0.2, 0) is 0 Å². The standard InChI is InChI=1S/C12H17FN2O2/c1-8(4-5-16)7-15-12(17)10-6-9(14)2-3-11(10)13/h2-3,6,8,16H,4-5,7,14H2,1H3,(H,15,17). The molecule has 1 rings (SSSR count). The number of aliphatic hydroxyl groups excluding tert-OH is 1. The highest BCUT2D eigenvalue weighted by molar-refractivity contribution is 5.95. The van der Waals surface area contributed by atoms with Crippen molar-refractivity contribution in [1.29, 1.82) is 0 Å². The Morgan fingerprint density at radius 1 is 1.59 bits per heavy atom. The van der Waals surface area contributed by atoms with Crippen molar-refractivity contribution in [2.75, 3.05) is 18.9 Å². The number of amides is 1. The van der Waals surface area contributed by atoms with Gasteiger partial charge in [-0.3, -0.25) is 4.79 Å². The SMILES string of the molecule is CC(CCO)CNC(=O)c1cc(N)ccc1F. The summed E-state index contributed by atoms with van der Waals surface area (Å²) in [6.07, 6.45) is 0.597. The van der Waals surface area contributed by atoms with Crippen molar-refractivity contribution in [3.05, 3.63) is 29.6 Å². The Morgan fingerprint density at radius 2 is 2.29 bits per heavy atom. The van der Waals surface area contributed by atoms with E-state index in [4.69, 9.17) is 10.8 Å². The molecular weight excluding hydrogens is 223 g/mol. The van der Waals surface area contributed by atoms with Gasteiger partial charge >= 0.3 is 0 Å². The van der Waals surface area contributed by atoms with Gasteiger partial charge in [-0.05, 0) is 30.5 Å². The normalized spacial score (nSPS) is 12.2. The number of halogens is 1. The van der Waals surface area contributed by atoms with Crippen molar-refractivity contribution in [2.45, 2.75) is 13.3 Å². The smallest absolute Gasteiger partial charge is 0.254 e. The van der Waals surface area contributed by atoms with Gasteiger partial charge in [0.25, 0.3) is 5.91 Å². The maximum atomic E-state index is 13.3. The first kappa shape index (κ1) is 13.4. The molecule has 0 aromatic heterocycles. The molecule has 0 saturated carbocycles. The van der Waals surface area contributed by atoms with E-state index in [9.17, 15) is 9.18 Å². The molecule has 0 spiro atoms. The molecule has 0 radical (unpaired) electrons. The van der Waals surface area contributed by atoms with Crippen LogP contribution in [0.15, 0.2) is 18.2 Å². The maximum absolute atomic E-state index is 13.3. The van der Waals surface area contributed by atoms with Crippen LogP contribution < -0.4 is 11.1 Å². The Kier molecular flexibility index (Phi) is 4.90. The molecular formula is C12H17FN2O2. The van der Waals surface area contributed by atoms with Gasteiger partial charge in [-0.2, -0.15) is 0 Å². The monoisotopic (exact) mass is 240 g/mol. The van der Waals surface area contributed by atoms with Gasteiger partial charge < -0.3 is 16.2 Å². The molecule has 0 saturated heterocycles. The molecule has 0 fully saturated rings. The fourth-order valence-corrected chi connectivity index (χ4v) is 1.40. The van der Waals surface area contributed by atoms with Gasteiger partial charge in [-0.1, -0.05) is 6.92 Å². The molecule has 1 unspecified atom stereocenters. The van der Waals surface area contributed by atoms with Crippen molar-refractivity contribution in [2.24, 2.45) is 5.92 Å². The van der Waals surface area contributed by atoms with Gasteiger partial charge in [0.15, 0.2) is 0 Å². The average molecular weight is 240 g/mol. The third-order valence-corrected chi connectivity index (χ3v) is 2.47. The van der Waals surface area contributed by atoms with Gasteiger partial charge in [0.1, 0.15) is 5.82 Å². The first-order chi connectivity index (χ1) is 8.04. The molecule has 4 N–H and O–H groups in total. The van der Waals surface area contributed by atoms with Crippen LogP contribution in [0.5, 0.6) is 0 Å². The molecule has 0 aliphatic heterocycles. The number of aliphatic hydroxyl groups is 1. The molecule has 0 bridgehead atoms. The summed E-state index contributed by atoms with van der Waals surface area (Å²) < 4.78 is 13.3. The van der Waals surface area contributed by atoms with Crippen LogP contribution in [0.4, 0.5) is 10.1 Å². The zero-order chi connectivity index (χ0) is 12.8. The van der Waals surface area contributed by atoms with Crippen LogP contribution in [0.1, 0.15) is 23.7 Å². The lowest BCUT2D eigenvalue weighted by Crippen LogP contribution is -2.29. The predicted octanol–water partition coefficient (Wildman–Crippen LogP) is 1.16. The third kappa shape index (κ3) is 4.03. The van der Waals surface area contributed by atoms with Crippen molar-refractivity contribution >= 4 is 11.6 Å². The molecule has 1 amide bonds. The minimum Gasteiger partial charge on any atom is -0.399 e. The largest absolute Gasteiger partial charge is 0.399 e. The first-order valence-corrected chi connectivity index (χ1v) is 5.48. The van der Waals surface area contributed by atoms with Gasteiger partial charge in [-0.25, -0.2) is 4.39 Å². The summed E-state index contributed by atoms with van der Waals surface area (Å²) in [6, 6.07) is 3.88.